The number of hydrogen-bond acceptors (Lipinski definition) is 16. The van der Waals surface area contributed by atoms with E-state index in [2.05, 4.69) is 49.3 Å². The van der Waals surface area contributed by atoms with Crippen LogP contribution in [-0.2, 0) is 65.6 Å². The maximum Gasteiger partial charge on any atom is 0.246 e. The molecule has 2 aromatic rings. The monoisotopic (exact) mass is 853 g/mol. The van der Waals surface area contributed by atoms with Crippen molar-refractivity contribution in [1.82, 2.24) is 35.2 Å². The zero-order valence-electron chi connectivity index (χ0n) is 35.2. The van der Waals surface area contributed by atoms with Gasteiger partial charge >= 0.3 is 0 Å². The molecule has 59 heavy (non-hydrogen) atoms. The lowest BCUT2D eigenvalue weighted by atomic mass is 9.92. The Kier molecular flexibility index (Phi) is 27.7. The molecule has 1 aliphatic rings. The molecule has 0 unspecified atom stereocenters. The van der Waals surface area contributed by atoms with Crippen molar-refractivity contribution in [3.8, 4) is 11.8 Å². The van der Waals surface area contributed by atoms with Crippen LogP contribution in [0.4, 0.5) is 0 Å². The molecule has 0 spiro atoms. The van der Waals surface area contributed by atoms with Crippen LogP contribution in [0.3, 0.4) is 0 Å². The minimum atomic E-state index is -3.45. The van der Waals surface area contributed by atoms with Crippen LogP contribution in [0.25, 0.3) is 0 Å². The number of aromatic nitrogens is 5. The molecular weight excluding hydrogens is 787 g/mol. The molecule has 0 aliphatic carbocycles. The van der Waals surface area contributed by atoms with Gasteiger partial charge in [0.25, 0.3) is 0 Å². The topological polar surface area (TPSA) is 197 Å². The summed E-state index contributed by atoms with van der Waals surface area (Å²) in [5.74, 6) is 6.61. The molecule has 1 saturated heterocycles. The van der Waals surface area contributed by atoms with Crippen molar-refractivity contribution in [2.45, 2.75) is 70.1 Å². The number of amides is 1. The smallest absolute Gasteiger partial charge is 0.246 e. The average Bonchev–Trinajstić information content (AvgIpc) is 3.69. The van der Waals surface area contributed by atoms with Crippen LogP contribution < -0.4 is 5.32 Å². The Morgan fingerprint density at radius 3 is 1.75 bits per heavy atom. The summed E-state index contributed by atoms with van der Waals surface area (Å²) in [6.45, 7) is 14.8. The fourth-order valence-electron chi connectivity index (χ4n) is 5.78. The van der Waals surface area contributed by atoms with E-state index in [1.807, 2.05) is 0 Å². The van der Waals surface area contributed by atoms with Gasteiger partial charge in [-0.1, -0.05) is 36.8 Å². The highest BCUT2D eigenvalue weighted by molar-refractivity contribution is 7.90. The summed E-state index contributed by atoms with van der Waals surface area (Å²) in [5, 5.41) is 10.7. The lowest BCUT2D eigenvalue weighted by Gasteiger charge is -2.31. The van der Waals surface area contributed by atoms with Crippen LogP contribution in [0, 0.1) is 17.8 Å². The zero-order valence-corrected chi connectivity index (χ0v) is 36.0. The largest absolute Gasteiger partial charge is 0.378 e. The van der Waals surface area contributed by atoms with E-state index < -0.39 is 9.84 Å². The lowest BCUT2D eigenvalue weighted by Crippen LogP contribution is -2.36. The number of carbonyl (C=O) groups excluding carboxylic acids is 1. The van der Waals surface area contributed by atoms with Crippen molar-refractivity contribution < 1.29 is 51.1 Å². The van der Waals surface area contributed by atoms with E-state index in [0.29, 0.717) is 136 Å². The lowest BCUT2D eigenvalue weighted by molar-refractivity contribution is -0.121. The van der Waals surface area contributed by atoms with Crippen LogP contribution in [-0.4, -0.2) is 176 Å². The number of likely N-dealkylation sites (tertiary alicyclic amines) is 1. The van der Waals surface area contributed by atoms with Gasteiger partial charge in [-0.25, -0.2) is 23.1 Å². The molecule has 19 heteroatoms. The SMILES string of the molecule is CCCC1CCN(CCOCCOCCOCCOCCOCCOCCOCCOCCn2cc(CNC(=O)CCCC#Cc3cnc(S(C)(=O)=O)nc3)nn2)CC1. The third kappa shape index (κ3) is 25.9. The van der Waals surface area contributed by atoms with Gasteiger partial charge in [0.15, 0.2) is 0 Å². The number of piperidine rings is 1. The second-order valence-corrected chi connectivity index (χ2v) is 15.8. The summed E-state index contributed by atoms with van der Waals surface area (Å²) in [7, 11) is -3.45. The Morgan fingerprint density at radius 1 is 0.763 bits per heavy atom. The average molecular weight is 854 g/mol. The second-order valence-electron chi connectivity index (χ2n) is 13.9. The summed E-state index contributed by atoms with van der Waals surface area (Å²) in [6, 6.07) is 0. The molecule has 1 fully saturated rings. The van der Waals surface area contributed by atoms with Crippen LogP contribution in [0.5, 0.6) is 0 Å². The number of hydrogen-bond donors (Lipinski definition) is 1. The van der Waals surface area contributed by atoms with Gasteiger partial charge in [0.2, 0.25) is 20.9 Å². The summed E-state index contributed by atoms with van der Waals surface area (Å²) >= 11 is 0. The number of nitrogens with one attached hydrogen (secondary N) is 1. The highest BCUT2D eigenvalue weighted by atomic mass is 32.2. The van der Waals surface area contributed by atoms with E-state index in [4.69, 9.17) is 37.9 Å². The van der Waals surface area contributed by atoms with E-state index in [0.717, 1.165) is 25.3 Å². The molecule has 1 amide bonds. The summed E-state index contributed by atoms with van der Waals surface area (Å²) in [4.78, 5) is 22.3. The third-order valence-corrected chi connectivity index (χ3v) is 9.85. The Hall–Kier alpha value is -3.16. The molecule has 0 atom stereocenters. The molecule has 0 saturated carbocycles. The quantitative estimate of drug-likeness (QED) is 0.0600. The molecule has 1 N–H and O–H groups in total. The van der Waals surface area contributed by atoms with Crippen molar-refractivity contribution in [2.24, 2.45) is 5.92 Å². The van der Waals surface area contributed by atoms with Gasteiger partial charge < -0.3 is 48.1 Å². The Labute approximate surface area is 350 Å². The molecule has 18 nitrogen and oxygen atoms in total. The fraction of sp³-hybridized carbons (Fsp3) is 0.775. The molecule has 3 heterocycles. The number of nitrogens with zero attached hydrogens (tertiary/aromatic N) is 6. The first-order chi connectivity index (χ1) is 28.8. The number of unbranched alkanes of at least 4 members (excludes halogenated alkanes) is 1. The Balaban J connectivity index is 0.981. The van der Waals surface area contributed by atoms with Gasteiger partial charge in [-0.3, -0.25) is 4.79 Å². The third-order valence-electron chi connectivity index (χ3n) is 8.98. The standard InChI is InChI=1S/C40H67N7O11S/c1-3-7-36-10-12-46(13-11-36)14-16-51-18-20-53-22-24-55-26-28-57-30-31-58-29-27-56-25-23-54-21-19-52-17-15-47-35-38(44-45-47)34-41-39(48)9-6-4-5-8-37-32-42-40(43-33-37)59(2,49)50/h32-33,35-36H,3-4,6-7,9-31,34H2,1-2H3,(H,41,48). The van der Waals surface area contributed by atoms with Crippen LogP contribution in [0.15, 0.2) is 23.7 Å². The van der Waals surface area contributed by atoms with Crippen molar-refractivity contribution >= 4 is 15.7 Å². The first-order valence-corrected chi connectivity index (χ1v) is 22.7. The van der Waals surface area contributed by atoms with E-state index in [1.165, 1.54) is 51.2 Å². The number of rotatable bonds is 35. The molecule has 2 aromatic heterocycles. The Bertz CT molecular complexity index is 1530. The first kappa shape index (κ1) is 50.2. The number of carbonyl (C=O) groups is 1. The van der Waals surface area contributed by atoms with Gasteiger partial charge in [-0.05, 0) is 38.3 Å². The van der Waals surface area contributed by atoms with E-state index in [1.54, 1.807) is 10.9 Å². The minimum Gasteiger partial charge on any atom is -0.378 e. The van der Waals surface area contributed by atoms with Crippen LogP contribution >= 0.6 is 0 Å². The van der Waals surface area contributed by atoms with Crippen molar-refractivity contribution in [3.63, 3.8) is 0 Å². The van der Waals surface area contributed by atoms with Gasteiger partial charge in [-0.15, -0.1) is 5.10 Å². The highest BCUT2D eigenvalue weighted by Gasteiger charge is 2.18. The van der Waals surface area contributed by atoms with Crippen LogP contribution in [0.2, 0.25) is 0 Å². The normalized spacial score (nSPS) is 13.7. The zero-order chi connectivity index (χ0) is 42.1. The van der Waals surface area contributed by atoms with Crippen molar-refractivity contribution in [3.05, 3.63) is 29.8 Å². The van der Waals surface area contributed by atoms with E-state index >= 15 is 0 Å². The van der Waals surface area contributed by atoms with E-state index in [9.17, 15) is 13.2 Å². The molecular formula is C40H67N7O11S. The van der Waals surface area contributed by atoms with E-state index in [-0.39, 0.29) is 17.6 Å². The molecule has 334 valence electrons. The van der Waals surface area contributed by atoms with Crippen molar-refractivity contribution in [1.29, 1.82) is 0 Å². The first-order valence-electron chi connectivity index (χ1n) is 20.8. The molecule has 1 aliphatic heterocycles. The fourth-order valence-corrected chi connectivity index (χ4v) is 6.27. The molecule has 0 bridgehead atoms. The van der Waals surface area contributed by atoms with Gasteiger partial charge in [0.1, 0.15) is 5.69 Å². The summed E-state index contributed by atoms with van der Waals surface area (Å²) in [5.41, 5.74) is 1.15. The van der Waals surface area contributed by atoms with Crippen molar-refractivity contribution in [2.75, 3.05) is 132 Å². The number of ether oxygens (including phenoxy) is 8. The maximum atomic E-state index is 12.2. The summed E-state index contributed by atoms with van der Waals surface area (Å²) < 4.78 is 69.0. The maximum absolute atomic E-state index is 12.2. The molecule has 0 aromatic carbocycles. The van der Waals surface area contributed by atoms with Gasteiger partial charge in [0.05, 0.1) is 131 Å². The molecule has 0 radical (unpaired) electrons. The number of sulfone groups is 1. The molecule has 3 rings (SSSR count). The van der Waals surface area contributed by atoms with Gasteiger partial charge in [0, 0.05) is 38.0 Å². The predicted molar refractivity (Wildman–Crippen MR) is 218 cm³/mol. The van der Waals surface area contributed by atoms with Crippen LogP contribution in [0.1, 0.15) is 63.1 Å². The Morgan fingerprint density at radius 2 is 1.25 bits per heavy atom. The highest BCUT2D eigenvalue weighted by Crippen LogP contribution is 2.21. The second kappa shape index (κ2) is 32.6. The summed E-state index contributed by atoms with van der Waals surface area (Å²) in [6.07, 6.45) is 12.2. The minimum absolute atomic E-state index is 0.114. The van der Waals surface area contributed by atoms with Gasteiger partial charge in [-0.2, -0.15) is 0 Å². The predicted octanol–water partition coefficient (Wildman–Crippen LogP) is 1.95.